The molecule has 0 aliphatic rings. The number of rotatable bonds is 0. The van der Waals surface area contributed by atoms with E-state index in [4.69, 9.17) is 38.5 Å². The summed E-state index contributed by atoms with van der Waals surface area (Å²) in [5.41, 5.74) is 0. The number of halogens is 1. The van der Waals surface area contributed by atoms with Crippen LogP contribution in [0.25, 0.3) is 0 Å². The van der Waals surface area contributed by atoms with Crippen molar-refractivity contribution in [2.75, 3.05) is 7.18 Å². The number of alkyl halides is 1. The molecule has 94 valence electrons. The monoisotopic (exact) mass is 262 g/mol. The third-order valence-electron chi connectivity index (χ3n) is 0. The van der Waals surface area contributed by atoms with Crippen LogP contribution in [0.4, 0.5) is 4.39 Å². The molecule has 0 radical (unpaired) electrons. The fourth-order valence-electron chi connectivity index (χ4n) is 0. The molecule has 0 saturated heterocycles. The molecule has 0 amide bonds. The van der Waals surface area contributed by atoms with Crippen LogP contribution < -0.4 is 0 Å². The van der Waals surface area contributed by atoms with E-state index < -0.39 is 15.6 Å². The Hall–Kier alpha value is 0.150. The smallest absolute Gasteiger partial charge is 0.303 e. The first-order chi connectivity index (χ1) is 5.00. The second-order valence-corrected chi connectivity index (χ2v) is 3.08. The van der Waals surface area contributed by atoms with Crippen molar-refractivity contribution in [1.29, 1.82) is 0 Å². The maximum absolute atomic E-state index is 9.50. The van der Waals surface area contributed by atoms with Crippen molar-refractivity contribution in [1.82, 2.24) is 0 Å². The fraction of sp³-hybridized carbons (Fsp3) is 1.00. The number of hydrogen-bond donors (Lipinski definition) is 6. The third-order valence-corrected chi connectivity index (χ3v) is 0. The zero-order valence-corrected chi connectivity index (χ0v) is 7.56. The van der Waals surface area contributed by atoms with Crippen LogP contribution in [0, 0.1) is 0 Å². The van der Waals surface area contributed by atoms with Gasteiger partial charge in [-0.1, -0.05) is 14.9 Å². The van der Waals surface area contributed by atoms with Gasteiger partial charge in [0.15, 0.2) is 0 Å². The number of phosphoric acid groups is 2. The van der Waals surface area contributed by atoms with Crippen LogP contribution in [-0.4, -0.2) is 36.5 Å². The normalized spacial score (nSPS) is 8.86. The molecule has 0 saturated carbocycles. The van der Waals surface area contributed by atoms with E-state index in [1.54, 1.807) is 0 Å². The summed E-state index contributed by atoms with van der Waals surface area (Å²) in [4.78, 5) is 43.1. The highest BCUT2D eigenvalue weighted by Gasteiger charge is 2.00. The first-order valence-corrected chi connectivity index (χ1v) is 5.07. The Bertz CT molecular complexity index is 135. The average molecular weight is 262 g/mol. The van der Waals surface area contributed by atoms with Gasteiger partial charge in [0, 0.05) is 0 Å². The van der Waals surface area contributed by atoms with Crippen molar-refractivity contribution in [3.05, 3.63) is 0 Å². The predicted molar refractivity (Wildman–Crippen MR) is 49.0 cm³/mol. The molecule has 0 fully saturated rings. The van der Waals surface area contributed by atoms with Gasteiger partial charge in [0.25, 0.3) is 0 Å². The molecule has 0 unspecified atom stereocenters. The minimum absolute atomic E-state index is 0. The summed E-state index contributed by atoms with van der Waals surface area (Å²) in [6, 6.07) is 0. The molecule has 11 heteroatoms. The molecule has 14 heavy (non-hydrogen) atoms. The Morgan fingerprint density at radius 3 is 0.714 bits per heavy atom. The van der Waals surface area contributed by atoms with Crippen LogP contribution in [0.2, 0.25) is 0 Å². The summed E-state index contributed by atoms with van der Waals surface area (Å²) in [5, 5.41) is 0. The van der Waals surface area contributed by atoms with Crippen LogP contribution in [0.5, 0.6) is 0 Å². The van der Waals surface area contributed by atoms with Crippen molar-refractivity contribution < 1.29 is 42.9 Å². The van der Waals surface area contributed by atoms with E-state index >= 15 is 0 Å². The van der Waals surface area contributed by atoms with Gasteiger partial charge in [-0.25, -0.2) is 9.13 Å². The minimum atomic E-state index is -4.64. The summed E-state index contributed by atoms with van der Waals surface area (Å²) in [5.74, 6) is 0. The Labute approximate surface area is 81.5 Å². The molecule has 0 aromatic carbocycles. The van der Waals surface area contributed by atoms with Crippen molar-refractivity contribution in [2.24, 2.45) is 0 Å². The van der Waals surface area contributed by atoms with Gasteiger partial charge < -0.3 is 29.4 Å². The Balaban J connectivity index is -0.0000000292. The van der Waals surface area contributed by atoms with Crippen LogP contribution in [0.1, 0.15) is 14.9 Å². The van der Waals surface area contributed by atoms with E-state index in [1.165, 1.54) is 0 Å². The summed E-state index contributed by atoms with van der Waals surface area (Å²) in [7, 11) is -8.78. The molecule has 0 heterocycles. The third kappa shape index (κ3) is 67100. The molecule has 6 N–H and O–H groups in total. The Morgan fingerprint density at radius 2 is 0.714 bits per heavy atom. The van der Waals surface area contributed by atoms with Crippen molar-refractivity contribution in [3.8, 4) is 0 Å². The molecular formula is C3H17FO8P2. The SMILES string of the molecule is C.C.CF.O=P(O)(O)O.O=P(O)(O)O. The molecule has 8 nitrogen and oxygen atoms in total. The zero-order chi connectivity index (χ0) is 11.0. The zero-order valence-electron chi connectivity index (χ0n) is 5.77. The highest BCUT2D eigenvalue weighted by atomic mass is 31.2. The summed E-state index contributed by atoms with van der Waals surface area (Å²) in [6.07, 6.45) is 0. The van der Waals surface area contributed by atoms with Gasteiger partial charge in [0.1, 0.15) is 0 Å². The maximum atomic E-state index is 9.50. The molecule has 0 aromatic rings. The molecule has 0 aliphatic carbocycles. The second kappa shape index (κ2) is 13.2. The van der Waals surface area contributed by atoms with Gasteiger partial charge in [-0.15, -0.1) is 0 Å². The minimum Gasteiger partial charge on any atom is -0.303 e. The topological polar surface area (TPSA) is 156 Å². The molecule has 0 aliphatic heterocycles. The molecule has 0 aromatic heterocycles. The largest absolute Gasteiger partial charge is 0.466 e. The summed E-state index contributed by atoms with van der Waals surface area (Å²) >= 11 is 0. The molecule has 0 atom stereocenters. The van der Waals surface area contributed by atoms with E-state index in [9.17, 15) is 4.39 Å². The van der Waals surface area contributed by atoms with Crippen LogP contribution in [-0.2, 0) is 9.13 Å². The highest BCUT2D eigenvalue weighted by Crippen LogP contribution is 2.26. The molecular weight excluding hydrogens is 245 g/mol. The second-order valence-electron chi connectivity index (χ2n) is 1.03. The lowest BCUT2D eigenvalue weighted by Gasteiger charge is -1.82. The standard InChI is InChI=1S/CH3F.2CH4.2H3O4P/c1-2;;;2*1-5(2,3)4/h1H3;2*1H4;2*(H3,1,2,3,4). The lowest BCUT2D eigenvalue weighted by molar-refractivity contribution is 0.272. The lowest BCUT2D eigenvalue weighted by Crippen LogP contribution is -1.66. The highest BCUT2D eigenvalue weighted by molar-refractivity contribution is 7.45. The molecule has 0 spiro atoms. The Morgan fingerprint density at radius 1 is 0.714 bits per heavy atom. The Kier molecular flexibility index (Phi) is 27.5. The first kappa shape index (κ1) is 29.2. The van der Waals surface area contributed by atoms with Crippen LogP contribution >= 0.6 is 15.6 Å². The van der Waals surface area contributed by atoms with E-state index in [-0.39, 0.29) is 14.9 Å². The summed E-state index contributed by atoms with van der Waals surface area (Å²) in [6.45, 7) is 0. The van der Waals surface area contributed by atoms with Gasteiger partial charge in [-0.2, -0.15) is 0 Å². The maximum Gasteiger partial charge on any atom is 0.466 e. The quantitative estimate of drug-likeness (QED) is 0.333. The average Bonchev–Trinajstić information content (AvgIpc) is 1.59. The van der Waals surface area contributed by atoms with Gasteiger partial charge in [-0.05, 0) is 0 Å². The number of hydrogen-bond acceptors (Lipinski definition) is 2. The lowest BCUT2D eigenvalue weighted by atomic mass is 11.9. The van der Waals surface area contributed by atoms with E-state index in [0.717, 1.165) is 0 Å². The van der Waals surface area contributed by atoms with Gasteiger partial charge in [0.2, 0.25) is 0 Å². The molecule has 0 rings (SSSR count). The first-order valence-electron chi connectivity index (χ1n) is 1.94. The fourth-order valence-corrected chi connectivity index (χ4v) is 0. The van der Waals surface area contributed by atoms with Gasteiger partial charge in [0.05, 0.1) is 7.18 Å². The van der Waals surface area contributed by atoms with Crippen molar-refractivity contribution in [2.45, 2.75) is 14.9 Å². The van der Waals surface area contributed by atoms with Gasteiger partial charge in [-0.3, -0.25) is 4.39 Å². The predicted octanol–water partition coefficient (Wildman–Crippen LogP) is 0.000700. The van der Waals surface area contributed by atoms with E-state index in [0.29, 0.717) is 7.18 Å². The van der Waals surface area contributed by atoms with Crippen LogP contribution in [0.15, 0.2) is 0 Å². The van der Waals surface area contributed by atoms with E-state index in [2.05, 4.69) is 0 Å². The molecule has 0 bridgehead atoms. The van der Waals surface area contributed by atoms with Crippen LogP contribution in [0.3, 0.4) is 0 Å². The van der Waals surface area contributed by atoms with Crippen molar-refractivity contribution >= 4 is 15.6 Å². The van der Waals surface area contributed by atoms with E-state index in [1.807, 2.05) is 0 Å². The summed E-state index contributed by atoms with van der Waals surface area (Å²) < 4.78 is 27.3. The van der Waals surface area contributed by atoms with Crippen molar-refractivity contribution in [3.63, 3.8) is 0 Å². The van der Waals surface area contributed by atoms with Gasteiger partial charge >= 0.3 is 15.6 Å².